The predicted octanol–water partition coefficient (Wildman–Crippen LogP) is 20.1. The van der Waals surface area contributed by atoms with Gasteiger partial charge in [0.2, 0.25) is 0 Å². The standard InChI is InChI=1S/C81H73BN4/c1-79(2,3)50-53-28-42-72-66(44-53)64-24-16-18-26-70(64)85(72)62-38-40-68-74(48-62)83(60-34-30-58(31-35-60)56-20-12-10-13-21-56)76-46-55(52-81(7,8)9)47-77-78(76)82(68)69-41-39-63(49-75(69)84(77)61-36-32-59(33-37-61)57-22-14-11-15-23-57)86-71-27-19-17-25-65(71)67-45-54(29-43-73(67)86)51-80(4,5)6/h10-49H,50-52H2,1-9H3/i16D,17D,18D,19D,24D,25D,26D,27D. The van der Waals surface area contributed by atoms with Gasteiger partial charge in [-0.2, -0.15) is 0 Å². The van der Waals surface area contributed by atoms with Crippen LogP contribution in [0.4, 0.5) is 34.1 Å². The summed E-state index contributed by atoms with van der Waals surface area (Å²) in [6.45, 7) is 19.7. The van der Waals surface area contributed by atoms with Gasteiger partial charge >= 0.3 is 0 Å². The first-order valence-electron chi connectivity index (χ1n) is 34.2. The molecule has 0 amide bonds. The highest BCUT2D eigenvalue weighted by Crippen LogP contribution is 2.48. The lowest BCUT2D eigenvalue weighted by Crippen LogP contribution is -2.61. The molecule has 5 heteroatoms. The second-order valence-corrected chi connectivity index (χ2v) is 27.5. The van der Waals surface area contributed by atoms with E-state index in [1.54, 1.807) is 0 Å². The lowest BCUT2D eigenvalue weighted by Gasteiger charge is -2.45. The normalized spacial score (nSPS) is 14.5. The Morgan fingerprint density at radius 1 is 0.326 bits per heavy atom. The van der Waals surface area contributed by atoms with Gasteiger partial charge in [-0.3, -0.25) is 0 Å². The van der Waals surface area contributed by atoms with Gasteiger partial charge in [-0.05, 0) is 188 Å². The van der Waals surface area contributed by atoms with Crippen molar-refractivity contribution in [1.82, 2.24) is 9.13 Å². The van der Waals surface area contributed by atoms with E-state index in [1.807, 2.05) is 21.3 Å². The predicted molar refractivity (Wildman–Crippen MR) is 369 cm³/mol. The SMILES string of the molecule is [2H]c1c([2H])c([2H])c2c(c1[2H])c1cc(CC(C)(C)C)ccc1n2-c1ccc2c(c1)N(c1ccc(-c3ccccc3)cc1)c1cc(CC(C)(C)C)cc3c1B2c1ccc(-n2c4ccc(CC(C)(C)C)cc4c4c([2H])c([2H])c([2H])c([2H])c42)cc1N3c1ccc(-c2ccccc2)cc1. The zero-order valence-electron chi connectivity index (χ0n) is 58.5. The van der Waals surface area contributed by atoms with Crippen LogP contribution in [-0.4, -0.2) is 15.8 Å². The molecular weight excluding hydrogens is 1040 g/mol. The van der Waals surface area contributed by atoms with Gasteiger partial charge < -0.3 is 18.9 Å². The number of hydrogen-bond donors (Lipinski definition) is 0. The molecule has 13 aromatic rings. The van der Waals surface area contributed by atoms with Crippen LogP contribution in [0.15, 0.2) is 242 Å². The summed E-state index contributed by atoms with van der Waals surface area (Å²) >= 11 is 0. The minimum atomic E-state index is -0.354. The molecule has 0 unspecified atom stereocenters. The average molecular weight is 1120 g/mol. The molecule has 0 atom stereocenters. The molecule has 0 fully saturated rings. The number of hydrogen-bond acceptors (Lipinski definition) is 2. The van der Waals surface area contributed by atoms with Crippen molar-refractivity contribution in [3.8, 4) is 33.6 Å². The van der Waals surface area contributed by atoms with Crippen LogP contribution in [0.3, 0.4) is 0 Å². The van der Waals surface area contributed by atoms with E-state index in [-0.39, 0.29) is 71.3 Å². The Hall–Kier alpha value is -9.32. The first-order valence-corrected chi connectivity index (χ1v) is 30.2. The number of rotatable bonds is 9. The molecule has 0 bridgehead atoms. The summed E-state index contributed by atoms with van der Waals surface area (Å²) in [5.74, 6) is 0. The fourth-order valence-corrected chi connectivity index (χ4v) is 14.0. The lowest BCUT2D eigenvalue weighted by atomic mass is 9.33. The van der Waals surface area contributed by atoms with Gasteiger partial charge in [0.05, 0.1) is 33.0 Å². The van der Waals surface area contributed by atoms with E-state index in [2.05, 4.69) is 254 Å². The highest BCUT2D eigenvalue weighted by Gasteiger charge is 2.44. The molecule has 0 radical (unpaired) electrons. The van der Waals surface area contributed by atoms with Gasteiger partial charge in [-0.1, -0.05) is 208 Å². The van der Waals surface area contributed by atoms with Gasteiger partial charge in [0.15, 0.2) is 0 Å². The maximum atomic E-state index is 9.69. The van der Waals surface area contributed by atoms with Crippen molar-refractivity contribution in [2.45, 2.75) is 81.6 Å². The molecule has 420 valence electrons. The van der Waals surface area contributed by atoms with Crippen molar-refractivity contribution in [3.63, 3.8) is 0 Å². The minimum absolute atomic E-state index is 0.0306. The Morgan fingerprint density at radius 2 is 0.698 bits per heavy atom. The zero-order valence-corrected chi connectivity index (χ0v) is 50.5. The van der Waals surface area contributed by atoms with E-state index < -0.39 is 0 Å². The Kier molecular flexibility index (Phi) is 10.6. The maximum absolute atomic E-state index is 9.69. The molecule has 15 rings (SSSR count). The van der Waals surface area contributed by atoms with Crippen LogP contribution >= 0.6 is 0 Å². The second-order valence-electron chi connectivity index (χ2n) is 27.5. The third kappa shape index (κ3) is 9.40. The largest absolute Gasteiger partial charge is 0.311 e. The zero-order chi connectivity index (χ0) is 65.8. The molecule has 2 aliphatic rings. The van der Waals surface area contributed by atoms with Crippen LogP contribution in [0.25, 0.3) is 77.2 Å². The molecule has 2 aromatic heterocycles. The third-order valence-corrected chi connectivity index (χ3v) is 17.2. The van der Waals surface area contributed by atoms with Crippen molar-refractivity contribution in [2.75, 3.05) is 9.80 Å². The quantitative estimate of drug-likeness (QED) is 0.134. The van der Waals surface area contributed by atoms with E-state index >= 15 is 0 Å². The van der Waals surface area contributed by atoms with Crippen LogP contribution in [0.2, 0.25) is 0 Å². The molecule has 4 nitrogen and oxygen atoms in total. The fraction of sp³-hybridized carbons (Fsp3) is 0.185. The Morgan fingerprint density at radius 3 is 1.10 bits per heavy atom. The molecule has 2 aliphatic heterocycles. The third-order valence-electron chi connectivity index (χ3n) is 17.2. The lowest BCUT2D eigenvalue weighted by molar-refractivity contribution is 0.411. The van der Waals surface area contributed by atoms with Crippen LogP contribution in [-0.2, 0) is 19.3 Å². The van der Waals surface area contributed by atoms with Crippen LogP contribution in [0, 0.1) is 16.2 Å². The second kappa shape index (κ2) is 20.2. The Balaban J connectivity index is 1.04. The number of aromatic nitrogens is 2. The van der Waals surface area contributed by atoms with Crippen LogP contribution in [0.5, 0.6) is 0 Å². The first-order chi connectivity index (χ1) is 44.8. The molecule has 4 heterocycles. The molecule has 0 spiro atoms. The van der Waals surface area contributed by atoms with Gasteiger partial charge in [0.1, 0.15) is 0 Å². The van der Waals surface area contributed by atoms with Crippen molar-refractivity contribution in [3.05, 3.63) is 259 Å². The number of anilines is 6. The summed E-state index contributed by atoms with van der Waals surface area (Å²) < 4.78 is 78.7. The van der Waals surface area contributed by atoms with Gasteiger partial charge in [-0.25, -0.2) is 0 Å². The minimum Gasteiger partial charge on any atom is -0.311 e. The average Bonchev–Trinajstić information content (AvgIpc) is 0.896. The van der Waals surface area contributed by atoms with E-state index in [0.717, 1.165) is 142 Å². The highest BCUT2D eigenvalue weighted by molar-refractivity contribution is 7.00. The molecule has 0 saturated carbocycles. The van der Waals surface area contributed by atoms with E-state index in [1.165, 1.54) is 0 Å². The van der Waals surface area contributed by atoms with Gasteiger partial charge in [-0.15, -0.1) is 0 Å². The monoisotopic (exact) mass is 1120 g/mol. The summed E-state index contributed by atoms with van der Waals surface area (Å²) in [5, 5.41) is 2.52. The van der Waals surface area contributed by atoms with Crippen molar-refractivity contribution >= 4 is 101 Å². The summed E-state index contributed by atoms with van der Waals surface area (Å²) in [4.78, 5) is 4.82. The summed E-state index contributed by atoms with van der Waals surface area (Å²) in [7, 11) is 0. The first kappa shape index (κ1) is 45.1. The molecule has 0 N–H and O–H groups in total. The van der Waals surface area contributed by atoms with Crippen LogP contribution in [0.1, 0.15) is 90.0 Å². The molecule has 0 aliphatic carbocycles. The molecular formula is C81H73BN4. The smallest absolute Gasteiger partial charge is 0.252 e. The Bertz CT molecular complexity index is 4950. The topological polar surface area (TPSA) is 16.3 Å². The summed E-state index contributed by atoms with van der Waals surface area (Å²) in [6.07, 6.45) is 2.32. The number of fused-ring (bicyclic) bond motifs is 10. The molecule has 11 aromatic carbocycles. The van der Waals surface area contributed by atoms with Gasteiger partial charge in [0.25, 0.3) is 6.71 Å². The maximum Gasteiger partial charge on any atom is 0.252 e. The summed E-state index contributed by atoms with van der Waals surface area (Å²) in [6, 6.07) is 67.7. The fourth-order valence-electron chi connectivity index (χ4n) is 14.0. The number of benzene rings is 11. The van der Waals surface area contributed by atoms with Crippen LogP contribution < -0.4 is 26.2 Å². The van der Waals surface area contributed by atoms with E-state index in [4.69, 9.17) is 5.48 Å². The summed E-state index contributed by atoms with van der Waals surface area (Å²) in [5.41, 5.74) is 20.4. The highest BCUT2D eigenvalue weighted by atomic mass is 15.2. The van der Waals surface area contributed by atoms with Crippen molar-refractivity contribution in [2.24, 2.45) is 16.2 Å². The van der Waals surface area contributed by atoms with E-state index in [9.17, 15) is 5.48 Å². The molecule has 0 saturated heterocycles. The van der Waals surface area contributed by atoms with E-state index in [0.29, 0.717) is 21.8 Å². The molecule has 86 heavy (non-hydrogen) atoms. The van der Waals surface area contributed by atoms with Crippen molar-refractivity contribution in [1.29, 1.82) is 0 Å². The number of nitrogens with zero attached hydrogens (tertiary/aromatic N) is 4. The van der Waals surface area contributed by atoms with Crippen molar-refractivity contribution < 1.29 is 11.0 Å². The number of para-hydroxylation sites is 2. The van der Waals surface area contributed by atoms with Gasteiger partial charge in [0, 0.05) is 67.0 Å². The Labute approximate surface area is 518 Å².